The molecule has 0 aliphatic carbocycles. The summed E-state index contributed by atoms with van der Waals surface area (Å²) >= 11 is 0. The first kappa shape index (κ1) is 9.52. The molecule has 0 radical (unpaired) electrons. The third kappa shape index (κ3) is 5.23. The second-order valence-corrected chi connectivity index (χ2v) is 0.636. The highest BCUT2D eigenvalue weighted by Gasteiger charge is 1.85. The zero-order valence-electron chi connectivity index (χ0n) is 3.39. The number of hydrogen-bond acceptors (Lipinski definition) is 3. The molecule has 0 atom stereocenters. The molecule has 0 heterocycles. The highest BCUT2D eigenvalue weighted by molar-refractivity contribution is 5.65. The Labute approximate surface area is 42.6 Å². The lowest BCUT2D eigenvalue weighted by Gasteiger charge is -1.90. The van der Waals surface area contributed by atoms with Crippen LogP contribution in [0, 0.1) is 0 Å². The predicted octanol–water partition coefficient (Wildman–Crippen LogP) is -0.148. The number of nitrogens with one attached hydrogen (secondary N) is 1. The first-order valence-electron chi connectivity index (χ1n) is 1.36. The van der Waals surface area contributed by atoms with E-state index < -0.39 is 6.09 Å². The van der Waals surface area contributed by atoms with Crippen LogP contribution in [0.2, 0.25) is 0 Å². The predicted molar refractivity (Wildman–Crippen MR) is 26.5 cm³/mol. The molecule has 7 heavy (non-hydrogen) atoms. The third-order valence-corrected chi connectivity index (χ3v) is 0.303. The molecule has 4 heteroatoms. The van der Waals surface area contributed by atoms with Crippen molar-refractivity contribution in [3.05, 3.63) is 0 Å². The van der Waals surface area contributed by atoms with Crippen molar-refractivity contribution in [1.29, 1.82) is 0 Å². The topological polar surface area (TPSA) is 64.3 Å². The van der Waals surface area contributed by atoms with Crippen molar-refractivity contribution in [3.63, 3.8) is 0 Å². The summed E-state index contributed by atoms with van der Waals surface area (Å²) in [5.41, 5.74) is 1.75. The molecule has 0 aliphatic rings. The van der Waals surface area contributed by atoms with Crippen LogP contribution in [0.15, 0.2) is 0 Å². The summed E-state index contributed by atoms with van der Waals surface area (Å²) in [7, 11) is 1.24. The molecule has 1 amide bonds. The molecule has 0 fully saturated rings. The van der Waals surface area contributed by atoms with Crippen LogP contribution >= 0.6 is 0 Å². The molecule has 0 aromatic carbocycles. The van der Waals surface area contributed by atoms with Gasteiger partial charge in [0, 0.05) is 0 Å². The van der Waals surface area contributed by atoms with Crippen LogP contribution in [-0.4, -0.2) is 13.2 Å². The van der Waals surface area contributed by atoms with E-state index in [2.05, 4.69) is 10.6 Å². The Hall–Kier alpha value is -0.770. The molecule has 4 nitrogen and oxygen atoms in total. The molecular weight excluding hydrogens is 96.0 g/mol. The largest absolute Gasteiger partial charge is 0.452 e. The summed E-state index contributed by atoms with van der Waals surface area (Å²) in [6, 6.07) is 0. The van der Waals surface area contributed by atoms with Gasteiger partial charge in [0.25, 0.3) is 0 Å². The van der Waals surface area contributed by atoms with E-state index in [9.17, 15) is 4.79 Å². The molecule has 0 aliphatic heterocycles. The second-order valence-electron chi connectivity index (χ2n) is 0.636. The van der Waals surface area contributed by atoms with E-state index in [4.69, 9.17) is 0 Å². The van der Waals surface area contributed by atoms with Crippen molar-refractivity contribution in [3.8, 4) is 0 Å². The van der Waals surface area contributed by atoms with E-state index in [-0.39, 0.29) is 7.43 Å². The van der Waals surface area contributed by atoms with E-state index in [1.54, 1.807) is 5.43 Å². The number of hydrogen-bond donors (Lipinski definition) is 2. The van der Waals surface area contributed by atoms with Crippen LogP contribution in [0.4, 0.5) is 4.79 Å². The number of nitrogens with two attached hydrogens (primary N) is 1. The van der Waals surface area contributed by atoms with Crippen molar-refractivity contribution in [2.45, 2.75) is 7.43 Å². The molecule has 0 unspecified atom stereocenters. The maximum Gasteiger partial charge on any atom is 0.421 e. The molecular formula is C3H10N2O2. The van der Waals surface area contributed by atoms with Gasteiger partial charge in [0.15, 0.2) is 0 Å². The van der Waals surface area contributed by atoms with Gasteiger partial charge in [-0.1, -0.05) is 7.43 Å². The Bertz CT molecular complexity index is 48.9. The van der Waals surface area contributed by atoms with Gasteiger partial charge in [-0.15, -0.1) is 0 Å². The Balaban J connectivity index is 0. The van der Waals surface area contributed by atoms with Crippen molar-refractivity contribution in [2.75, 3.05) is 7.11 Å². The molecule has 0 aromatic rings. The number of amides is 1. The zero-order chi connectivity index (χ0) is 4.99. The second kappa shape index (κ2) is 5.23. The maximum atomic E-state index is 9.72. The third-order valence-electron chi connectivity index (χ3n) is 0.303. The van der Waals surface area contributed by atoms with Gasteiger partial charge in [-0.2, -0.15) is 0 Å². The standard InChI is InChI=1S/C2H6N2O2.CH4/c1-6-2(5)4-3;/h3H2,1H3,(H,4,5);1H4. The number of carbonyl (C=O) groups is 1. The van der Waals surface area contributed by atoms with Gasteiger partial charge >= 0.3 is 6.09 Å². The molecule has 0 rings (SSSR count). The summed E-state index contributed by atoms with van der Waals surface area (Å²) in [4.78, 5) is 9.72. The number of hydrazine groups is 1. The number of methoxy groups -OCH3 is 1. The SMILES string of the molecule is C.COC(=O)NN. The quantitative estimate of drug-likeness (QED) is 0.256. The van der Waals surface area contributed by atoms with Gasteiger partial charge in [-0.3, -0.25) is 5.43 Å². The Morgan fingerprint density at radius 2 is 2.29 bits per heavy atom. The highest BCUT2D eigenvalue weighted by atomic mass is 16.5. The summed E-state index contributed by atoms with van der Waals surface area (Å²) in [5, 5.41) is 0. The van der Waals surface area contributed by atoms with Crippen molar-refractivity contribution in [2.24, 2.45) is 5.84 Å². The molecule has 0 saturated heterocycles. The fourth-order valence-corrected chi connectivity index (χ4v) is 0.0589. The van der Waals surface area contributed by atoms with Crippen molar-refractivity contribution >= 4 is 6.09 Å². The van der Waals surface area contributed by atoms with E-state index in [1.165, 1.54) is 7.11 Å². The Morgan fingerprint density at radius 3 is 2.29 bits per heavy atom. The highest BCUT2D eigenvalue weighted by Crippen LogP contribution is 1.60. The van der Waals surface area contributed by atoms with E-state index in [1.807, 2.05) is 0 Å². The lowest BCUT2D eigenvalue weighted by Crippen LogP contribution is -2.29. The van der Waals surface area contributed by atoms with E-state index in [0.717, 1.165) is 0 Å². The van der Waals surface area contributed by atoms with Gasteiger partial charge in [0.1, 0.15) is 0 Å². The van der Waals surface area contributed by atoms with Crippen LogP contribution in [0.1, 0.15) is 7.43 Å². The fourth-order valence-electron chi connectivity index (χ4n) is 0.0589. The molecule has 0 saturated carbocycles. The molecule has 0 bridgehead atoms. The smallest absolute Gasteiger partial charge is 0.421 e. The molecule has 0 spiro atoms. The summed E-state index contributed by atoms with van der Waals surface area (Å²) in [6.07, 6.45) is -0.630. The Kier molecular flexibility index (Phi) is 7.12. The first-order chi connectivity index (χ1) is 2.81. The first-order valence-corrected chi connectivity index (χ1v) is 1.36. The van der Waals surface area contributed by atoms with Crippen LogP contribution < -0.4 is 11.3 Å². The van der Waals surface area contributed by atoms with Crippen LogP contribution in [0.3, 0.4) is 0 Å². The minimum atomic E-state index is -0.630. The van der Waals surface area contributed by atoms with E-state index in [0.29, 0.717) is 0 Å². The van der Waals surface area contributed by atoms with Crippen LogP contribution in [0.25, 0.3) is 0 Å². The minimum Gasteiger partial charge on any atom is -0.452 e. The van der Waals surface area contributed by atoms with Gasteiger partial charge < -0.3 is 4.74 Å². The average molecular weight is 106 g/mol. The number of rotatable bonds is 0. The van der Waals surface area contributed by atoms with Crippen molar-refractivity contribution in [1.82, 2.24) is 5.43 Å². The zero-order valence-corrected chi connectivity index (χ0v) is 3.39. The van der Waals surface area contributed by atoms with Gasteiger partial charge in [0.2, 0.25) is 0 Å². The molecule has 44 valence electrons. The average Bonchev–Trinajstić information content (AvgIpc) is 1.65. The number of ether oxygens (including phenoxy) is 1. The van der Waals surface area contributed by atoms with E-state index >= 15 is 0 Å². The maximum absolute atomic E-state index is 9.72. The summed E-state index contributed by atoms with van der Waals surface area (Å²) in [6.45, 7) is 0. The fraction of sp³-hybridized carbons (Fsp3) is 0.667. The minimum absolute atomic E-state index is 0. The van der Waals surface area contributed by atoms with Gasteiger partial charge in [-0.25, -0.2) is 10.6 Å². The number of carbonyl (C=O) groups excluding carboxylic acids is 1. The van der Waals surface area contributed by atoms with Gasteiger partial charge in [0.05, 0.1) is 7.11 Å². The summed E-state index contributed by atoms with van der Waals surface area (Å²) in [5.74, 6) is 4.56. The van der Waals surface area contributed by atoms with Gasteiger partial charge in [-0.05, 0) is 0 Å². The summed E-state index contributed by atoms with van der Waals surface area (Å²) < 4.78 is 4.02. The lowest BCUT2D eigenvalue weighted by atomic mass is 11.2. The molecule has 3 N–H and O–H groups in total. The molecule has 0 aromatic heterocycles. The monoisotopic (exact) mass is 106 g/mol. The Morgan fingerprint density at radius 1 is 1.86 bits per heavy atom. The van der Waals surface area contributed by atoms with Crippen LogP contribution in [-0.2, 0) is 4.74 Å². The van der Waals surface area contributed by atoms with Crippen molar-refractivity contribution < 1.29 is 9.53 Å². The normalized spacial score (nSPS) is 6.00. The lowest BCUT2D eigenvalue weighted by molar-refractivity contribution is 0.171. The van der Waals surface area contributed by atoms with Crippen LogP contribution in [0.5, 0.6) is 0 Å².